The molecule has 0 radical (unpaired) electrons. The van der Waals surface area contributed by atoms with Crippen LogP contribution in [0.2, 0.25) is 0 Å². The Morgan fingerprint density at radius 3 is 2.43 bits per heavy atom. The van der Waals surface area contributed by atoms with Crippen molar-refractivity contribution in [2.45, 2.75) is 20.3 Å². The van der Waals surface area contributed by atoms with Gasteiger partial charge in [0.05, 0.1) is 0 Å². The first-order valence-electron chi connectivity index (χ1n) is 5.23. The first-order chi connectivity index (χ1) is 6.77. The molecule has 0 fully saturated rings. The molecule has 0 aromatic heterocycles. The summed E-state index contributed by atoms with van der Waals surface area (Å²) in [5.41, 5.74) is 1.52. The molecule has 0 saturated carbocycles. The molecular weight excluding hydrogens is 168 g/mol. The molecule has 0 heteroatoms. The molecule has 1 aliphatic carbocycles. The van der Waals surface area contributed by atoms with Gasteiger partial charge < -0.3 is 0 Å². The van der Waals surface area contributed by atoms with E-state index >= 15 is 0 Å². The van der Waals surface area contributed by atoms with Gasteiger partial charge in [-0.2, -0.15) is 0 Å². The zero-order valence-electron chi connectivity index (χ0n) is 8.83. The third kappa shape index (κ3) is 1.79. The zero-order valence-corrected chi connectivity index (χ0v) is 8.83. The first kappa shape index (κ1) is 9.26. The van der Waals surface area contributed by atoms with Crippen molar-refractivity contribution in [3.63, 3.8) is 0 Å². The minimum atomic E-state index is 0.650. The Labute approximate surface area is 85.3 Å². The van der Waals surface area contributed by atoms with Gasteiger partial charge in [0.25, 0.3) is 0 Å². The summed E-state index contributed by atoms with van der Waals surface area (Å²) in [4.78, 5) is 0. The lowest BCUT2D eigenvalue weighted by Gasteiger charge is -2.06. The lowest BCUT2D eigenvalue weighted by Crippen LogP contribution is -2.22. The Balaban J connectivity index is 2.52. The van der Waals surface area contributed by atoms with E-state index in [1.54, 1.807) is 0 Å². The predicted octanol–water partition coefficient (Wildman–Crippen LogP) is 2.23. The van der Waals surface area contributed by atoms with Crippen molar-refractivity contribution in [2.24, 2.45) is 5.92 Å². The minimum absolute atomic E-state index is 0.650. The fourth-order valence-corrected chi connectivity index (χ4v) is 1.77. The van der Waals surface area contributed by atoms with Crippen LogP contribution >= 0.6 is 0 Å². The van der Waals surface area contributed by atoms with Crippen molar-refractivity contribution < 1.29 is 0 Å². The van der Waals surface area contributed by atoms with Gasteiger partial charge in [-0.3, -0.25) is 0 Å². The van der Waals surface area contributed by atoms with Crippen LogP contribution < -0.4 is 10.4 Å². The van der Waals surface area contributed by atoms with Gasteiger partial charge in [-0.05, 0) is 22.8 Å². The highest BCUT2D eigenvalue weighted by Gasteiger charge is 2.01. The molecule has 0 bridgehead atoms. The van der Waals surface area contributed by atoms with E-state index in [9.17, 15) is 0 Å². The monoisotopic (exact) mass is 184 g/mol. The fourth-order valence-electron chi connectivity index (χ4n) is 1.77. The summed E-state index contributed by atoms with van der Waals surface area (Å²) in [5, 5.41) is 2.70. The smallest absolute Gasteiger partial charge is 0.0124 e. The third-order valence-electron chi connectivity index (χ3n) is 2.77. The molecule has 1 aliphatic rings. The molecule has 0 unspecified atom stereocenters. The van der Waals surface area contributed by atoms with E-state index in [0.29, 0.717) is 5.92 Å². The Morgan fingerprint density at radius 2 is 1.71 bits per heavy atom. The molecule has 0 saturated heterocycles. The maximum Gasteiger partial charge on any atom is -0.0124 e. The summed E-state index contributed by atoms with van der Waals surface area (Å²) in [6.07, 6.45) is 7.91. The standard InChI is InChI=1S/C14H16/c1-11(2)12-7-9-13-5-3-4-6-14(13)10-8-12/h3-7,9-11H,8H2,1-2H3. The van der Waals surface area contributed by atoms with Gasteiger partial charge in [-0.25, -0.2) is 0 Å². The molecule has 0 spiro atoms. The largest absolute Gasteiger partial charge is 0.0726 e. The fraction of sp³-hybridized carbons (Fsp3) is 0.286. The second kappa shape index (κ2) is 3.83. The number of benzene rings is 1. The van der Waals surface area contributed by atoms with E-state index in [1.165, 1.54) is 16.0 Å². The second-order valence-corrected chi connectivity index (χ2v) is 4.10. The van der Waals surface area contributed by atoms with Gasteiger partial charge in [0.2, 0.25) is 0 Å². The molecule has 72 valence electrons. The Bertz CT molecular complexity index is 461. The van der Waals surface area contributed by atoms with Crippen LogP contribution in [0, 0.1) is 5.92 Å². The van der Waals surface area contributed by atoms with Gasteiger partial charge in [0, 0.05) is 0 Å². The Morgan fingerprint density at radius 1 is 1.00 bits per heavy atom. The summed E-state index contributed by atoms with van der Waals surface area (Å²) in [6.45, 7) is 4.51. The summed E-state index contributed by atoms with van der Waals surface area (Å²) in [7, 11) is 0. The van der Waals surface area contributed by atoms with Crippen LogP contribution in [0.4, 0.5) is 0 Å². The highest BCUT2D eigenvalue weighted by atomic mass is 14.1. The molecule has 0 amide bonds. The maximum atomic E-state index is 2.32. The van der Waals surface area contributed by atoms with Gasteiger partial charge in [0.1, 0.15) is 0 Å². The quantitative estimate of drug-likeness (QED) is 0.628. The minimum Gasteiger partial charge on any atom is -0.0726 e. The summed E-state index contributed by atoms with van der Waals surface area (Å²) in [5.74, 6) is 0.650. The van der Waals surface area contributed by atoms with Gasteiger partial charge in [0.15, 0.2) is 0 Å². The molecule has 0 atom stereocenters. The number of hydrogen-bond donors (Lipinski definition) is 0. The molecule has 0 nitrogen and oxygen atoms in total. The van der Waals surface area contributed by atoms with Crippen molar-refractivity contribution >= 4 is 12.2 Å². The van der Waals surface area contributed by atoms with Crippen LogP contribution in [-0.2, 0) is 0 Å². The van der Waals surface area contributed by atoms with E-state index in [2.05, 4.69) is 56.3 Å². The summed E-state index contributed by atoms with van der Waals surface area (Å²) < 4.78 is 0. The molecule has 2 rings (SSSR count). The highest BCUT2D eigenvalue weighted by molar-refractivity contribution is 5.47. The summed E-state index contributed by atoms with van der Waals surface area (Å²) >= 11 is 0. The molecule has 0 N–H and O–H groups in total. The molecular formula is C14H16. The maximum absolute atomic E-state index is 2.32. The SMILES string of the molecule is CC(C)C1=CC=c2ccccc2=CC1. The average molecular weight is 184 g/mol. The van der Waals surface area contributed by atoms with Crippen molar-refractivity contribution in [3.05, 3.63) is 46.4 Å². The lowest BCUT2D eigenvalue weighted by molar-refractivity contribution is 0.755. The third-order valence-corrected chi connectivity index (χ3v) is 2.77. The molecule has 0 aliphatic heterocycles. The molecule has 0 heterocycles. The Hall–Kier alpha value is -1.30. The number of fused-ring (bicyclic) bond motifs is 1. The van der Waals surface area contributed by atoms with E-state index in [0.717, 1.165) is 6.42 Å². The number of allylic oxidation sites excluding steroid dienone is 2. The molecule has 1 aromatic rings. The topological polar surface area (TPSA) is 0 Å². The Kier molecular flexibility index (Phi) is 2.53. The number of rotatable bonds is 1. The predicted molar refractivity (Wildman–Crippen MR) is 62.2 cm³/mol. The van der Waals surface area contributed by atoms with E-state index in [4.69, 9.17) is 0 Å². The second-order valence-electron chi connectivity index (χ2n) is 4.10. The van der Waals surface area contributed by atoms with E-state index in [-0.39, 0.29) is 0 Å². The van der Waals surface area contributed by atoms with Crippen LogP contribution in [0.25, 0.3) is 12.2 Å². The van der Waals surface area contributed by atoms with Gasteiger partial charge >= 0.3 is 0 Å². The van der Waals surface area contributed by atoms with Crippen LogP contribution in [0.3, 0.4) is 0 Å². The van der Waals surface area contributed by atoms with Gasteiger partial charge in [-0.1, -0.05) is 61.9 Å². The number of hydrogen-bond acceptors (Lipinski definition) is 0. The van der Waals surface area contributed by atoms with E-state index in [1.807, 2.05) is 0 Å². The summed E-state index contributed by atoms with van der Waals surface area (Å²) in [6, 6.07) is 8.55. The normalized spacial score (nSPS) is 14.9. The van der Waals surface area contributed by atoms with Crippen LogP contribution in [0.1, 0.15) is 20.3 Å². The van der Waals surface area contributed by atoms with Crippen molar-refractivity contribution in [2.75, 3.05) is 0 Å². The lowest BCUT2D eigenvalue weighted by atomic mass is 10.00. The van der Waals surface area contributed by atoms with E-state index < -0.39 is 0 Å². The van der Waals surface area contributed by atoms with Crippen molar-refractivity contribution in [3.8, 4) is 0 Å². The zero-order chi connectivity index (χ0) is 9.97. The average Bonchev–Trinajstić information content (AvgIpc) is 2.39. The first-order valence-corrected chi connectivity index (χ1v) is 5.23. The highest BCUT2D eigenvalue weighted by Crippen LogP contribution is 2.15. The molecule has 1 aromatic carbocycles. The van der Waals surface area contributed by atoms with Crippen LogP contribution in [-0.4, -0.2) is 0 Å². The molecule has 14 heavy (non-hydrogen) atoms. The van der Waals surface area contributed by atoms with Crippen LogP contribution in [0.15, 0.2) is 35.9 Å². The van der Waals surface area contributed by atoms with Crippen molar-refractivity contribution in [1.82, 2.24) is 0 Å². The van der Waals surface area contributed by atoms with Crippen molar-refractivity contribution in [1.29, 1.82) is 0 Å². The van der Waals surface area contributed by atoms with Crippen LogP contribution in [0.5, 0.6) is 0 Å². The van der Waals surface area contributed by atoms with Gasteiger partial charge in [-0.15, -0.1) is 0 Å².